The summed E-state index contributed by atoms with van der Waals surface area (Å²) in [5.41, 5.74) is 9.25. The molecule has 4 aromatic heterocycles. The molecule has 4 fully saturated rings. The molecule has 61 heavy (non-hydrogen) atoms. The largest absolute Gasteiger partial charge is 0.399 e. The summed E-state index contributed by atoms with van der Waals surface area (Å²) in [5, 5.41) is 26.8. The van der Waals surface area contributed by atoms with Gasteiger partial charge in [0, 0.05) is 44.1 Å². The fourth-order valence-electron chi connectivity index (χ4n) is 9.04. The average Bonchev–Trinajstić information content (AvgIpc) is 4.07. The molecule has 18 heteroatoms. The van der Waals surface area contributed by atoms with Crippen LogP contribution < -0.4 is 20.9 Å². The average molecular weight is 866 g/mol. The third-order valence-corrected chi connectivity index (χ3v) is 12.9. The molecule has 0 amide bonds. The minimum absolute atomic E-state index is 0.589. The van der Waals surface area contributed by atoms with Crippen LogP contribution >= 0.6 is 23.2 Å². The van der Waals surface area contributed by atoms with Gasteiger partial charge < -0.3 is 20.9 Å². The van der Waals surface area contributed by atoms with Crippen molar-refractivity contribution in [3.63, 3.8) is 0 Å². The summed E-state index contributed by atoms with van der Waals surface area (Å²) in [6.45, 7) is 7.60. The standard InChI is InChI=1S/C21H25ClN8.C15H22ClN3.C7H7N5/c22-17-12-24-21(25-13-17)29-9-6-15(7-10-29)20-11-16(20)5-8-23-18-1-3-19(4-2-18)30-14-26-27-28-30;1-2-3-12-8-14(12)11-4-6-19(7-5-11)15-17-9-13(16)10-18-15;8-6-1-3-7(4-2-6)12-5-9-10-11-12/h1-4,12-16,20,23H,5-11H2;9-12,14H,2-8H2,1H3;1-5H,8H2/t16-,20-;12-,14-;/m11./s1. The van der Waals surface area contributed by atoms with E-state index in [2.05, 4.69) is 85.2 Å². The Balaban J connectivity index is 0.000000141. The van der Waals surface area contributed by atoms with Crippen molar-refractivity contribution in [1.82, 2.24) is 60.4 Å². The number of nitrogens with two attached hydrogens (primary N) is 1. The van der Waals surface area contributed by atoms with E-state index in [4.69, 9.17) is 28.9 Å². The first-order valence-electron chi connectivity index (χ1n) is 21.5. The lowest BCUT2D eigenvalue weighted by Crippen LogP contribution is -2.35. The van der Waals surface area contributed by atoms with Crippen molar-refractivity contribution in [1.29, 1.82) is 0 Å². The van der Waals surface area contributed by atoms with E-state index < -0.39 is 0 Å². The van der Waals surface area contributed by atoms with Gasteiger partial charge in [-0.1, -0.05) is 43.0 Å². The number of rotatable bonds is 12. The quantitative estimate of drug-likeness (QED) is 0.115. The normalized spacial score (nSPS) is 21.2. The molecule has 2 aliphatic heterocycles. The van der Waals surface area contributed by atoms with Crippen LogP contribution in [0.5, 0.6) is 0 Å². The smallest absolute Gasteiger partial charge is 0.225 e. The molecule has 2 saturated carbocycles. The van der Waals surface area contributed by atoms with Crippen molar-refractivity contribution in [3.05, 3.63) is 96.0 Å². The van der Waals surface area contributed by atoms with Crippen molar-refractivity contribution in [3.8, 4) is 11.4 Å². The summed E-state index contributed by atoms with van der Waals surface area (Å²) in [6, 6.07) is 15.5. The topological polar surface area (TPSA) is 183 Å². The Kier molecular flexibility index (Phi) is 14.1. The van der Waals surface area contributed by atoms with E-state index in [1.54, 1.807) is 52.6 Å². The minimum atomic E-state index is 0.589. The Labute approximate surface area is 366 Å². The second-order valence-electron chi connectivity index (χ2n) is 16.5. The summed E-state index contributed by atoms with van der Waals surface area (Å²) in [5.74, 6) is 7.24. The molecule has 3 N–H and O–H groups in total. The van der Waals surface area contributed by atoms with Crippen LogP contribution in [-0.4, -0.2) is 93.1 Å². The van der Waals surface area contributed by atoms with Crippen molar-refractivity contribution >= 4 is 46.5 Å². The number of aromatic nitrogens is 12. The molecular formula is C43H54Cl2N16. The van der Waals surface area contributed by atoms with Gasteiger partial charge >= 0.3 is 0 Å². The van der Waals surface area contributed by atoms with Gasteiger partial charge in [0.2, 0.25) is 11.9 Å². The van der Waals surface area contributed by atoms with Gasteiger partial charge in [0.15, 0.2) is 0 Å². The van der Waals surface area contributed by atoms with Crippen LogP contribution in [-0.2, 0) is 0 Å². The first-order chi connectivity index (χ1) is 29.9. The first-order valence-corrected chi connectivity index (χ1v) is 22.3. The number of anilines is 4. The maximum absolute atomic E-state index is 5.89. The maximum Gasteiger partial charge on any atom is 0.225 e. The van der Waals surface area contributed by atoms with Gasteiger partial charge in [-0.25, -0.2) is 29.3 Å². The van der Waals surface area contributed by atoms with Crippen molar-refractivity contribution in [2.45, 2.75) is 64.7 Å². The molecular weight excluding hydrogens is 811 g/mol. The Hall–Kier alpha value is -5.48. The van der Waals surface area contributed by atoms with Gasteiger partial charge in [-0.15, -0.1) is 10.2 Å². The monoisotopic (exact) mass is 864 g/mol. The Morgan fingerprint density at radius 2 is 1.07 bits per heavy atom. The maximum atomic E-state index is 5.89. The molecule has 16 nitrogen and oxygen atoms in total. The van der Waals surface area contributed by atoms with E-state index in [-0.39, 0.29) is 0 Å². The number of hydrogen-bond acceptors (Lipinski definition) is 14. The first kappa shape index (κ1) is 42.2. The molecule has 10 rings (SSSR count). The second kappa shape index (κ2) is 20.4. The van der Waals surface area contributed by atoms with Gasteiger partial charge in [0.1, 0.15) is 12.7 Å². The zero-order valence-electron chi connectivity index (χ0n) is 34.5. The van der Waals surface area contributed by atoms with Crippen LogP contribution in [0.4, 0.5) is 23.3 Å². The molecule has 2 aromatic carbocycles. The predicted molar refractivity (Wildman–Crippen MR) is 238 cm³/mol. The molecule has 2 aliphatic carbocycles. The fraction of sp³-hybridized carbons (Fsp3) is 0.488. The summed E-state index contributed by atoms with van der Waals surface area (Å²) in [7, 11) is 0. The summed E-state index contributed by atoms with van der Waals surface area (Å²) in [6.07, 6.45) is 21.8. The summed E-state index contributed by atoms with van der Waals surface area (Å²) < 4.78 is 3.22. The molecule has 0 unspecified atom stereocenters. The van der Waals surface area contributed by atoms with Gasteiger partial charge in [-0.3, -0.25) is 0 Å². The molecule has 0 spiro atoms. The number of nitrogens with one attached hydrogen (secondary N) is 1. The van der Waals surface area contributed by atoms with E-state index in [9.17, 15) is 0 Å². The van der Waals surface area contributed by atoms with Crippen molar-refractivity contribution < 1.29 is 0 Å². The third-order valence-electron chi connectivity index (χ3n) is 12.5. The van der Waals surface area contributed by atoms with Crippen LogP contribution in [0.15, 0.2) is 86.0 Å². The molecule has 4 aliphatic rings. The van der Waals surface area contributed by atoms with E-state index in [0.29, 0.717) is 10.0 Å². The highest BCUT2D eigenvalue weighted by molar-refractivity contribution is 6.30. The number of halogens is 2. The van der Waals surface area contributed by atoms with E-state index in [0.717, 1.165) is 103 Å². The molecule has 2 saturated heterocycles. The predicted octanol–water partition coefficient (Wildman–Crippen LogP) is 7.49. The van der Waals surface area contributed by atoms with E-state index in [1.165, 1.54) is 64.1 Å². The summed E-state index contributed by atoms with van der Waals surface area (Å²) in [4.78, 5) is 21.9. The van der Waals surface area contributed by atoms with Crippen LogP contribution in [0, 0.1) is 35.5 Å². The van der Waals surface area contributed by atoms with Crippen molar-refractivity contribution in [2.24, 2.45) is 35.5 Å². The lowest BCUT2D eigenvalue weighted by Gasteiger charge is -2.32. The highest BCUT2D eigenvalue weighted by atomic mass is 35.5. The lowest BCUT2D eigenvalue weighted by atomic mass is 9.90. The van der Waals surface area contributed by atoms with Gasteiger partial charge in [0.05, 0.1) is 46.2 Å². The molecule has 6 aromatic rings. The lowest BCUT2D eigenvalue weighted by molar-refractivity contribution is 0.341. The Bertz CT molecular complexity index is 2170. The van der Waals surface area contributed by atoms with E-state index >= 15 is 0 Å². The molecule has 6 heterocycles. The Morgan fingerprint density at radius 3 is 1.49 bits per heavy atom. The van der Waals surface area contributed by atoms with Crippen LogP contribution in [0.3, 0.4) is 0 Å². The molecule has 320 valence electrons. The van der Waals surface area contributed by atoms with Gasteiger partial charge in [0.25, 0.3) is 0 Å². The fourth-order valence-corrected chi connectivity index (χ4v) is 9.24. The Morgan fingerprint density at radius 1 is 0.623 bits per heavy atom. The summed E-state index contributed by atoms with van der Waals surface area (Å²) >= 11 is 11.7. The number of nitrogens with zero attached hydrogens (tertiary/aromatic N) is 14. The van der Waals surface area contributed by atoms with Gasteiger partial charge in [-0.2, -0.15) is 0 Å². The van der Waals surface area contributed by atoms with Crippen LogP contribution in [0.25, 0.3) is 11.4 Å². The zero-order valence-corrected chi connectivity index (χ0v) is 36.1. The van der Waals surface area contributed by atoms with Crippen LogP contribution in [0.2, 0.25) is 10.0 Å². The number of tetrazole rings is 2. The minimum Gasteiger partial charge on any atom is -0.399 e. The van der Waals surface area contributed by atoms with Crippen molar-refractivity contribution in [2.75, 3.05) is 53.6 Å². The third kappa shape index (κ3) is 11.7. The van der Waals surface area contributed by atoms with Gasteiger partial charge in [-0.05, 0) is 150 Å². The second-order valence-corrected chi connectivity index (χ2v) is 17.4. The number of piperidine rings is 2. The SMILES string of the molecule is CCC[C@@H]1C[C@@H]1C1CCN(c2ncc(Cl)cn2)CC1.Clc1cnc(N2CCC([C@H]3C[C@H]3CCNc3ccc(-n4cnnn4)cc3)CC2)nc1.Nc1ccc(-n2cnnn2)cc1. The number of nitrogen functional groups attached to an aromatic ring is 1. The van der Waals surface area contributed by atoms with Crippen LogP contribution in [0.1, 0.15) is 64.7 Å². The highest BCUT2D eigenvalue weighted by Gasteiger charge is 2.44. The number of benzene rings is 2. The molecule has 0 radical (unpaired) electrons. The number of hydrogen-bond donors (Lipinski definition) is 2. The highest BCUT2D eigenvalue weighted by Crippen LogP contribution is 2.51. The zero-order chi connectivity index (χ0) is 42.0. The molecule has 4 atom stereocenters. The van der Waals surface area contributed by atoms with E-state index in [1.807, 2.05) is 24.3 Å². The molecule has 0 bridgehead atoms.